The number of hydrogen-bond acceptors (Lipinski definition) is 3. The van der Waals surface area contributed by atoms with Crippen molar-refractivity contribution in [3.8, 4) is 0 Å². The van der Waals surface area contributed by atoms with Crippen molar-refractivity contribution < 1.29 is 0 Å². The van der Waals surface area contributed by atoms with Gasteiger partial charge in [-0.15, -0.1) is 0 Å². The Hall–Kier alpha value is -1.12. The van der Waals surface area contributed by atoms with E-state index in [4.69, 9.17) is 9.97 Å². The summed E-state index contributed by atoms with van der Waals surface area (Å²) >= 11 is 0. The van der Waals surface area contributed by atoms with Gasteiger partial charge in [-0.05, 0) is 50.4 Å². The average molecular weight is 273 g/mol. The zero-order valence-electron chi connectivity index (χ0n) is 13.0. The Morgan fingerprint density at radius 1 is 1.00 bits per heavy atom. The molecule has 3 nitrogen and oxygen atoms in total. The molecule has 0 saturated heterocycles. The second-order valence-corrected chi connectivity index (χ2v) is 6.92. The molecule has 0 unspecified atom stereocenters. The molecule has 0 aliphatic heterocycles. The molecule has 0 bridgehead atoms. The van der Waals surface area contributed by atoms with Crippen molar-refractivity contribution in [3.05, 3.63) is 17.6 Å². The topological polar surface area (TPSA) is 37.8 Å². The first-order valence-electron chi connectivity index (χ1n) is 8.24. The molecule has 3 heteroatoms. The number of nitrogens with one attached hydrogen (secondary N) is 1. The third kappa shape index (κ3) is 2.97. The van der Waals surface area contributed by atoms with Gasteiger partial charge in [-0.3, -0.25) is 0 Å². The zero-order chi connectivity index (χ0) is 14.1. The van der Waals surface area contributed by atoms with Crippen LogP contribution in [0.4, 0.5) is 5.82 Å². The Kier molecular flexibility index (Phi) is 3.95. The summed E-state index contributed by atoms with van der Waals surface area (Å²) in [5, 5.41) is 3.21. The Labute approximate surface area is 122 Å². The number of anilines is 1. The maximum absolute atomic E-state index is 4.89. The van der Waals surface area contributed by atoms with Gasteiger partial charge in [0.25, 0.3) is 0 Å². The lowest BCUT2D eigenvalue weighted by Crippen LogP contribution is -2.19. The SMILES string of the molecule is CNc1cc(C2CC2)nc(C2CCC(C(C)C)CC2)n1. The van der Waals surface area contributed by atoms with Gasteiger partial charge in [-0.1, -0.05) is 13.8 Å². The van der Waals surface area contributed by atoms with Crippen molar-refractivity contribution >= 4 is 5.82 Å². The van der Waals surface area contributed by atoms with Crippen LogP contribution in [0.3, 0.4) is 0 Å². The van der Waals surface area contributed by atoms with Crippen LogP contribution >= 0.6 is 0 Å². The highest BCUT2D eigenvalue weighted by Gasteiger charge is 2.29. The first kappa shape index (κ1) is 13.8. The lowest BCUT2D eigenvalue weighted by Gasteiger charge is -2.30. The summed E-state index contributed by atoms with van der Waals surface area (Å²) in [5.74, 6) is 5.11. The Bertz CT molecular complexity index is 457. The van der Waals surface area contributed by atoms with Crippen LogP contribution in [-0.4, -0.2) is 17.0 Å². The van der Waals surface area contributed by atoms with E-state index in [2.05, 4.69) is 25.2 Å². The predicted octanol–water partition coefficient (Wildman–Crippen LogP) is 4.33. The normalized spacial score (nSPS) is 26.8. The molecule has 110 valence electrons. The van der Waals surface area contributed by atoms with Crippen molar-refractivity contribution in [2.45, 2.75) is 64.2 Å². The van der Waals surface area contributed by atoms with Crippen molar-refractivity contribution in [2.75, 3.05) is 12.4 Å². The molecule has 2 saturated carbocycles. The van der Waals surface area contributed by atoms with E-state index in [9.17, 15) is 0 Å². The first-order chi connectivity index (χ1) is 9.67. The summed E-state index contributed by atoms with van der Waals surface area (Å²) < 4.78 is 0. The molecular formula is C17H27N3. The average Bonchev–Trinajstić information content (AvgIpc) is 3.31. The minimum atomic E-state index is 0.579. The van der Waals surface area contributed by atoms with E-state index in [0.29, 0.717) is 11.8 Å². The molecule has 20 heavy (non-hydrogen) atoms. The van der Waals surface area contributed by atoms with Crippen LogP contribution in [0, 0.1) is 11.8 Å². The fourth-order valence-electron chi connectivity index (χ4n) is 3.43. The Morgan fingerprint density at radius 3 is 2.20 bits per heavy atom. The highest BCUT2D eigenvalue weighted by molar-refractivity contribution is 5.37. The summed E-state index contributed by atoms with van der Waals surface area (Å²) in [4.78, 5) is 9.62. The van der Waals surface area contributed by atoms with E-state index in [1.165, 1.54) is 44.2 Å². The number of aromatic nitrogens is 2. The van der Waals surface area contributed by atoms with Gasteiger partial charge in [-0.2, -0.15) is 0 Å². The zero-order valence-corrected chi connectivity index (χ0v) is 13.0. The van der Waals surface area contributed by atoms with Crippen LogP contribution in [0.2, 0.25) is 0 Å². The molecule has 3 rings (SSSR count). The van der Waals surface area contributed by atoms with Gasteiger partial charge in [0, 0.05) is 30.6 Å². The van der Waals surface area contributed by atoms with E-state index in [1.54, 1.807) is 0 Å². The largest absolute Gasteiger partial charge is 0.373 e. The lowest BCUT2D eigenvalue weighted by atomic mass is 9.76. The maximum Gasteiger partial charge on any atom is 0.134 e. The van der Waals surface area contributed by atoms with Crippen LogP contribution < -0.4 is 5.32 Å². The second-order valence-electron chi connectivity index (χ2n) is 6.92. The molecular weight excluding hydrogens is 246 g/mol. The van der Waals surface area contributed by atoms with E-state index in [0.717, 1.165) is 23.5 Å². The second kappa shape index (κ2) is 5.71. The molecule has 1 heterocycles. The lowest BCUT2D eigenvalue weighted by molar-refractivity contribution is 0.254. The molecule has 0 atom stereocenters. The van der Waals surface area contributed by atoms with Gasteiger partial charge >= 0.3 is 0 Å². The van der Waals surface area contributed by atoms with E-state index >= 15 is 0 Å². The maximum atomic E-state index is 4.89. The molecule has 2 aliphatic carbocycles. The summed E-state index contributed by atoms with van der Waals surface area (Å²) in [6.07, 6.45) is 7.82. The van der Waals surface area contributed by atoms with Crippen molar-refractivity contribution in [3.63, 3.8) is 0 Å². The summed E-state index contributed by atoms with van der Waals surface area (Å²) in [5.41, 5.74) is 1.27. The monoisotopic (exact) mass is 273 g/mol. The molecule has 1 aromatic rings. The number of nitrogens with zero attached hydrogens (tertiary/aromatic N) is 2. The van der Waals surface area contributed by atoms with Crippen LogP contribution in [0.1, 0.15) is 75.7 Å². The Morgan fingerprint density at radius 2 is 1.65 bits per heavy atom. The molecule has 0 radical (unpaired) electrons. The third-order valence-electron chi connectivity index (χ3n) is 5.09. The summed E-state index contributed by atoms with van der Waals surface area (Å²) in [6, 6.07) is 2.14. The molecule has 1 N–H and O–H groups in total. The highest BCUT2D eigenvalue weighted by Crippen LogP contribution is 2.42. The quantitative estimate of drug-likeness (QED) is 0.887. The first-order valence-corrected chi connectivity index (χ1v) is 8.24. The van der Waals surface area contributed by atoms with E-state index in [-0.39, 0.29) is 0 Å². The van der Waals surface area contributed by atoms with Gasteiger partial charge in [0.1, 0.15) is 11.6 Å². The van der Waals surface area contributed by atoms with Crippen LogP contribution in [0.5, 0.6) is 0 Å². The van der Waals surface area contributed by atoms with Crippen LogP contribution in [-0.2, 0) is 0 Å². The van der Waals surface area contributed by atoms with Gasteiger partial charge in [0.15, 0.2) is 0 Å². The van der Waals surface area contributed by atoms with Crippen LogP contribution in [0.15, 0.2) is 6.07 Å². The summed E-state index contributed by atoms with van der Waals surface area (Å²) in [7, 11) is 1.96. The van der Waals surface area contributed by atoms with Crippen molar-refractivity contribution in [2.24, 2.45) is 11.8 Å². The minimum absolute atomic E-state index is 0.579. The highest BCUT2D eigenvalue weighted by atomic mass is 15.0. The standard InChI is InChI=1S/C17H27N3/c1-11(2)12-4-8-14(9-5-12)17-19-15(13-6-7-13)10-16(18-3)20-17/h10-14H,4-9H2,1-3H3,(H,18,19,20). The fourth-order valence-corrected chi connectivity index (χ4v) is 3.43. The molecule has 0 spiro atoms. The van der Waals surface area contributed by atoms with Gasteiger partial charge in [0.05, 0.1) is 0 Å². The molecule has 1 aromatic heterocycles. The van der Waals surface area contributed by atoms with Crippen molar-refractivity contribution in [1.82, 2.24) is 9.97 Å². The Balaban J connectivity index is 1.75. The molecule has 2 aliphatic rings. The minimum Gasteiger partial charge on any atom is -0.373 e. The van der Waals surface area contributed by atoms with Gasteiger partial charge in [-0.25, -0.2) is 9.97 Å². The number of rotatable bonds is 4. The fraction of sp³-hybridized carbons (Fsp3) is 0.765. The van der Waals surface area contributed by atoms with Crippen molar-refractivity contribution in [1.29, 1.82) is 0 Å². The number of hydrogen-bond donors (Lipinski definition) is 1. The van der Waals surface area contributed by atoms with Gasteiger partial charge < -0.3 is 5.32 Å². The predicted molar refractivity (Wildman–Crippen MR) is 83.1 cm³/mol. The molecule has 0 aromatic carbocycles. The van der Waals surface area contributed by atoms with Gasteiger partial charge in [0.2, 0.25) is 0 Å². The summed E-state index contributed by atoms with van der Waals surface area (Å²) in [6.45, 7) is 4.71. The molecule has 2 fully saturated rings. The van der Waals surface area contributed by atoms with E-state index < -0.39 is 0 Å². The third-order valence-corrected chi connectivity index (χ3v) is 5.09. The molecule has 0 amide bonds. The van der Waals surface area contributed by atoms with E-state index in [1.807, 2.05) is 7.05 Å². The van der Waals surface area contributed by atoms with Crippen LogP contribution in [0.25, 0.3) is 0 Å². The smallest absolute Gasteiger partial charge is 0.134 e.